The van der Waals surface area contributed by atoms with E-state index in [2.05, 4.69) is 33.6 Å². The third-order valence-corrected chi connectivity index (χ3v) is 4.43. The Labute approximate surface area is 151 Å². The minimum absolute atomic E-state index is 0.0768. The molecule has 2 heterocycles. The van der Waals surface area contributed by atoms with E-state index in [0.29, 0.717) is 12.2 Å². The lowest BCUT2D eigenvalue weighted by Gasteiger charge is -2.06. The number of aromatic nitrogens is 3. The van der Waals surface area contributed by atoms with Crippen LogP contribution in [0.25, 0.3) is 16.6 Å². The van der Waals surface area contributed by atoms with Gasteiger partial charge in [-0.2, -0.15) is 5.10 Å². The number of aromatic amines is 1. The number of carbonyl (C=O) groups excluding carboxylic acids is 1. The fraction of sp³-hybridized carbons (Fsp3) is 0.143. The van der Waals surface area contributed by atoms with Crippen LogP contribution < -0.4 is 5.32 Å². The van der Waals surface area contributed by atoms with Crippen LogP contribution in [-0.4, -0.2) is 27.2 Å². The number of benzene rings is 2. The second-order valence-electron chi connectivity index (χ2n) is 6.40. The van der Waals surface area contributed by atoms with Crippen LogP contribution in [0, 0.1) is 6.92 Å². The molecule has 0 unspecified atom stereocenters. The number of nitrogens with zero attached hydrogens (tertiary/aromatic N) is 2. The zero-order chi connectivity index (χ0) is 17.9. The SMILES string of the molecule is Cc1ccc2[nH]c(C(=O)NCCc3ccc(-n4cccn4)cc3)cc2c1. The average molecular weight is 344 g/mol. The highest BCUT2D eigenvalue weighted by atomic mass is 16.1. The van der Waals surface area contributed by atoms with Crippen molar-refractivity contribution < 1.29 is 4.79 Å². The van der Waals surface area contributed by atoms with Crippen molar-refractivity contribution in [2.45, 2.75) is 13.3 Å². The van der Waals surface area contributed by atoms with Gasteiger partial charge < -0.3 is 10.3 Å². The van der Waals surface area contributed by atoms with Gasteiger partial charge in [0.05, 0.1) is 5.69 Å². The molecule has 4 rings (SSSR count). The lowest BCUT2D eigenvalue weighted by Crippen LogP contribution is -2.25. The van der Waals surface area contributed by atoms with Gasteiger partial charge in [0, 0.05) is 29.8 Å². The van der Waals surface area contributed by atoms with Crippen LogP contribution in [0.4, 0.5) is 0 Å². The largest absolute Gasteiger partial charge is 0.351 e. The molecule has 5 heteroatoms. The van der Waals surface area contributed by atoms with Crippen LogP contribution >= 0.6 is 0 Å². The van der Waals surface area contributed by atoms with Crippen LogP contribution in [0.15, 0.2) is 67.0 Å². The molecule has 2 aromatic heterocycles. The molecule has 2 aromatic carbocycles. The molecule has 0 bridgehead atoms. The lowest BCUT2D eigenvalue weighted by atomic mass is 10.1. The van der Waals surface area contributed by atoms with Gasteiger partial charge in [-0.25, -0.2) is 4.68 Å². The summed E-state index contributed by atoms with van der Waals surface area (Å²) in [6, 6.07) is 18.1. The first-order valence-corrected chi connectivity index (χ1v) is 8.65. The van der Waals surface area contributed by atoms with E-state index in [9.17, 15) is 4.79 Å². The van der Waals surface area contributed by atoms with E-state index >= 15 is 0 Å². The van der Waals surface area contributed by atoms with E-state index in [4.69, 9.17) is 0 Å². The van der Waals surface area contributed by atoms with Crippen LogP contribution in [0.3, 0.4) is 0 Å². The fourth-order valence-corrected chi connectivity index (χ4v) is 3.03. The predicted octanol–water partition coefficient (Wildman–Crippen LogP) is 3.63. The molecule has 0 spiro atoms. The normalized spacial score (nSPS) is 11.0. The molecule has 130 valence electrons. The summed E-state index contributed by atoms with van der Waals surface area (Å²) >= 11 is 0. The van der Waals surface area contributed by atoms with Crippen molar-refractivity contribution in [1.29, 1.82) is 0 Å². The van der Waals surface area contributed by atoms with Crippen molar-refractivity contribution in [1.82, 2.24) is 20.1 Å². The minimum Gasteiger partial charge on any atom is -0.351 e. The van der Waals surface area contributed by atoms with Crippen LogP contribution in [0.2, 0.25) is 0 Å². The molecule has 2 N–H and O–H groups in total. The fourth-order valence-electron chi connectivity index (χ4n) is 3.03. The first kappa shape index (κ1) is 16.1. The molecule has 0 saturated carbocycles. The van der Waals surface area contributed by atoms with Gasteiger partial charge in [0.15, 0.2) is 0 Å². The zero-order valence-corrected chi connectivity index (χ0v) is 14.6. The van der Waals surface area contributed by atoms with E-state index in [0.717, 1.165) is 23.0 Å². The Morgan fingerprint density at radius 2 is 2.00 bits per heavy atom. The number of rotatable bonds is 5. The topological polar surface area (TPSA) is 62.7 Å². The number of H-pyrrole nitrogens is 1. The Morgan fingerprint density at radius 3 is 2.77 bits per heavy atom. The number of hydrogen-bond acceptors (Lipinski definition) is 2. The van der Waals surface area contributed by atoms with Gasteiger partial charge in [-0.3, -0.25) is 4.79 Å². The Morgan fingerprint density at radius 1 is 1.15 bits per heavy atom. The van der Waals surface area contributed by atoms with E-state index in [-0.39, 0.29) is 5.91 Å². The summed E-state index contributed by atoms with van der Waals surface area (Å²) in [5, 5.41) is 8.25. The van der Waals surface area contributed by atoms with Crippen molar-refractivity contribution in [3.8, 4) is 5.69 Å². The molecule has 0 atom stereocenters. The minimum atomic E-state index is -0.0768. The summed E-state index contributed by atoms with van der Waals surface area (Å²) < 4.78 is 1.82. The van der Waals surface area contributed by atoms with Crippen LogP contribution in [-0.2, 0) is 6.42 Å². The van der Waals surface area contributed by atoms with Crippen LogP contribution in [0.1, 0.15) is 21.6 Å². The molecule has 0 aliphatic heterocycles. The molecule has 1 amide bonds. The predicted molar refractivity (Wildman–Crippen MR) is 103 cm³/mol. The van der Waals surface area contributed by atoms with Crippen molar-refractivity contribution in [2.24, 2.45) is 0 Å². The van der Waals surface area contributed by atoms with E-state index in [1.54, 1.807) is 6.20 Å². The standard InChI is InChI=1S/C21H20N4O/c1-15-3-8-19-17(13-15)14-20(24-19)21(26)22-11-9-16-4-6-18(7-5-16)25-12-2-10-23-25/h2-8,10,12-14,24H,9,11H2,1H3,(H,22,26). The summed E-state index contributed by atoms with van der Waals surface area (Å²) in [4.78, 5) is 15.5. The molecular weight excluding hydrogens is 324 g/mol. The second kappa shape index (κ2) is 6.88. The maximum atomic E-state index is 12.3. The van der Waals surface area contributed by atoms with Crippen molar-refractivity contribution in [3.05, 3.63) is 83.8 Å². The molecular formula is C21H20N4O. The summed E-state index contributed by atoms with van der Waals surface area (Å²) in [7, 11) is 0. The third-order valence-electron chi connectivity index (χ3n) is 4.43. The first-order chi connectivity index (χ1) is 12.7. The first-order valence-electron chi connectivity index (χ1n) is 8.65. The number of carbonyl (C=O) groups is 1. The number of amides is 1. The van der Waals surface area contributed by atoms with Crippen molar-refractivity contribution >= 4 is 16.8 Å². The Bertz CT molecular complexity index is 1030. The number of aryl methyl sites for hydroxylation is 1. The van der Waals surface area contributed by atoms with Gasteiger partial charge >= 0.3 is 0 Å². The third kappa shape index (κ3) is 3.37. The molecule has 0 saturated heterocycles. The van der Waals surface area contributed by atoms with Gasteiger partial charge in [0.25, 0.3) is 5.91 Å². The van der Waals surface area contributed by atoms with Crippen molar-refractivity contribution in [3.63, 3.8) is 0 Å². The Balaban J connectivity index is 1.35. The Kier molecular flexibility index (Phi) is 4.27. The van der Waals surface area contributed by atoms with E-state index in [1.165, 1.54) is 11.1 Å². The average Bonchev–Trinajstić information content (AvgIpc) is 3.31. The van der Waals surface area contributed by atoms with Gasteiger partial charge in [0.1, 0.15) is 5.69 Å². The van der Waals surface area contributed by atoms with Gasteiger partial charge in [0.2, 0.25) is 0 Å². The molecule has 0 aliphatic rings. The van der Waals surface area contributed by atoms with Gasteiger partial charge in [-0.05, 0) is 55.3 Å². The molecule has 0 radical (unpaired) electrons. The molecule has 0 fully saturated rings. The summed E-state index contributed by atoms with van der Waals surface area (Å²) in [5.41, 5.74) is 4.96. The smallest absolute Gasteiger partial charge is 0.267 e. The molecule has 0 aliphatic carbocycles. The highest BCUT2D eigenvalue weighted by molar-refractivity contribution is 5.98. The lowest BCUT2D eigenvalue weighted by molar-refractivity contribution is 0.0950. The van der Waals surface area contributed by atoms with Crippen molar-refractivity contribution in [2.75, 3.05) is 6.54 Å². The quantitative estimate of drug-likeness (QED) is 0.581. The van der Waals surface area contributed by atoms with Gasteiger partial charge in [-0.15, -0.1) is 0 Å². The van der Waals surface area contributed by atoms with Crippen LogP contribution in [0.5, 0.6) is 0 Å². The monoisotopic (exact) mass is 344 g/mol. The number of hydrogen-bond donors (Lipinski definition) is 2. The number of nitrogens with one attached hydrogen (secondary N) is 2. The highest BCUT2D eigenvalue weighted by Gasteiger charge is 2.09. The van der Waals surface area contributed by atoms with Gasteiger partial charge in [-0.1, -0.05) is 23.8 Å². The van der Waals surface area contributed by atoms with E-state index in [1.807, 2.05) is 54.2 Å². The zero-order valence-electron chi connectivity index (χ0n) is 14.6. The summed E-state index contributed by atoms with van der Waals surface area (Å²) in [6.45, 7) is 2.64. The molecule has 4 aromatic rings. The molecule has 26 heavy (non-hydrogen) atoms. The maximum Gasteiger partial charge on any atom is 0.267 e. The summed E-state index contributed by atoms with van der Waals surface area (Å²) in [5.74, 6) is -0.0768. The maximum absolute atomic E-state index is 12.3. The Hall–Kier alpha value is -3.34. The summed E-state index contributed by atoms with van der Waals surface area (Å²) in [6.07, 6.45) is 4.45. The number of fused-ring (bicyclic) bond motifs is 1. The second-order valence-corrected chi connectivity index (χ2v) is 6.40. The van der Waals surface area contributed by atoms with E-state index < -0.39 is 0 Å². The highest BCUT2D eigenvalue weighted by Crippen LogP contribution is 2.17. The molecule has 5 nitrogen and oxygen atoms in total.